The van der Waals surface area contributed by atoms with Gasteiger partial charge in [-0.25, -0.2) is 4.98 Å². The molecule has 5 heteroatoms. The number of carbonyl (C=O) groups excluding carboxylic acids is 1. The number of para-hydroxylation sites is 2. The summed E-state index contributed by atoms with van der Waals surface area (Å²) in [6, 6.07) is 11.5. The quantitative estimate of drug-likeness (QED) is 0.677. The third-order valence-corrected chi connectivity index (χ3v) is 4.09. The molecule has 0 atom stereocenters. The Kier molecular flexibility index (Phi) is 4.25. The number of rotatable bonds is 5. The number of carbonyl (C=O) groups is 1. The highest BCUT2D eigenvalue weighted by Gasteiger charge is 2.17. The SMILES string of the molecule is C=CCN(Cc1cccs1)C(=O)c1cnc2ccccc2n1. The molecule has 2 heterocycles. The van der Waals surface area contributed by atoms with Crippen molar-refractivity contribution < 1.29 is 4.79 Å². The van der Waals surface area contributed by atoms with Gasteiger partial charge in [0.05, 0.1) is 23.8 Å². The summed E-state index contributed by atoms with van der Waals surface area (Å²) in [5.41, 5.74) is 1.87. The van der Waals surface area contributed by atoms with Gasteiger partial charge in [0.15, 0.2) is 0 Å². The van der Waals surface area contributed by atoms with Crippen LogP contribution in [0.3, 0.4) is 0 Å². The van der Waals surface area contributed by atoms with Gasteiger partial charge < -0.3 is 4.90 Å². The zero-order valence-corrected chi connectivity index (χ0v) is 12.8. The second-order valence-electron chi connectivity index (χ2n) is 4.80. The predicted octanol–water partition coefficient (Wildman–Crippen LogP) is 3.52. The van der Waals surface area contributed by atoms with Crippen LogP contribution in [0.1, 0.15) is 15.4 Å². The molecule has 0 aliphatic rings. The Labute approximate surface area is 132 Å². The first kappa shape index (κ1) is 14.4. The van der Waals surface area contributed by atoms with Crippen molar-refractivity contribution in [2.24, 2.45) is 0 Å². The van der Waals surface area contributed by atoms with Crippen LogP contribution in [0.4, 0.5) is 0 Å². The average Bonchev–Trinajstić information content (AvgIpc) is 3.06. The third-order valence-electron chi connectivity index (χ3n) is 3.23. The van der Waals surface area contributed by atoms with Crippen LogP contribution in [-0.4, -0.2) is 27.3 Å². The minimum Gasteiger partial charge on any atom is -0.328 e. The Balaban J connectivity index is 1.88. The minimum atomic E-state index is -0.133. The first-order chi connectivity index (χ1) is 10.8. The minimum absolute atomic E-state index is 0.133. The van der Waals surface area contributed by atoms with E-state index in [0.717, 1.165) is 15.9 Å². The number of nitrogens with zero attached hydrogens (tertiary/aromatic N) is 3. The lowest BCUT2D eigenvalue weighted by atomic mass is 10.2. The van der Waals surface area contributed by atoms with Crippen LogP contribution < -0.4 is 0 Å². The van der Waals surface area contributed by atoms with Crippen LogP contribution in [-0.2, 0) is 6.54 Å². The van der Waals surface area contributed by atoms with Gasteiger partial charge in [-0.05, 0) is 23.6 Å². The fourth-order valence-electron chi connectivity index (χ4n) is 2.19. The highest BCUT2D eigenvalue weighted by Crippen LogP contribution is 2.15. The molecule has 0 radical (unpaired) electrons. The molecule has 0 spiro atoms. The molecule has 0 bridgehead atoms. The molecular weight excluding hydrogens is 294 g/mol. The van der Waals surface area contributed by atoms with E-state index in [1.54, 1.807) is 22.3 Å². The van der Waals surface area contributed by atoms with Gasteiger partial charge in [0.25, 0.3) is 5.91 Å². The normalized spacial score (nSPS) is 10.5. The maximum atomic E-state index is 12.7. The molecule has 0 unspecified atom stereocenters. The van der Waals surface area contributed by atoms with E-state index >= 15 is 0 Å². The van der Waals surface area contributed by atoms with Crippen molar-refractivity contribution in [2.45, 2.75) is 6.54 Å². The molecule has 1 aromatic carbocycles. The maximum absolute atomic E-state index is 12.7. The van der Waals surface area contributed by atoms with E-state index in [2.05, 4.69) is 16.5 Å². The summed E-state index contributed by atoms with van der Waals surface area (Å²) in [5, 5.41) is 2.00. The van der Waals surface area contributed by atoms with Crippen molar-refractivity contribution in [1.82, 2.24) is 14.9 Å². The number of benzene rings is 1. The molecule has 110 valence electrons. The Morgan fingerprint density at radius 3 is 2.77 bits per heavy atom. The Morgan fingerprint density at radius 1 is 1.23 bits per heavy atom. The largest absolute Gasteiger partial charge is 0.328 e. The topological polar surface area (TPSA) is 46.1 Å². The Bertz CT molecular complexity index is 799. The summed E-state index contributed by atoms with van der Waals surface area (Å²) in [6.07, 6.45) is 3.26. The summed E-state index contributed by atoms with van der Waals surface area (Å²) in [7, 11) is 0. The van der Waals surface area contributed by atoms with Crippen molar-refractivity contribution in [3.63, 3.8) is 0 Å². The molecule has 0 aliphatic heterocycles. The molecule has 22 heavy (non-hydrogen) atoms. The third kappa shape index (κ3) is 3.04. The summed E-state index contributed by atoms with van der Waals surface area (Å²) in [5.74, 6) is -0.133. The number of thiophene rings is 1. The van der Waals surface area contributed by atoms with Gasteiger partial charge in [-0.3, -0.25) is 9.78 Å². The summed E-state index contributed by atoms with van der Waals surface area (Å²) in [6.45, 7) is 4.76. The predicted molar refractivity (Wildman–Crippen MR) is 88.8 cm³/mol. The summed E-state index contributed by atoms with van der Waals surface area (Å²) in [4.78, 5) is 24.3. The zero-order chi connectivity index (χ0) is 15.4. The van der Waals surface area contributed by atoms with E-state index in [4.69, 9.17) is 0 Å². The van der Waals surface area contributed by atoms with Gasteiger partial charge in [0.2, 0.25) is 0 Å². The van der Waals surface area contributed by atoms with Gasteiger partial charge in [-0.1, -0.05) is 24.3 Å². The van der Waals surface area contributed by atoms with Crippen LogP contribution in [0.2, 0.25) is 0 Å². The first-order valence-electron chi connectivity index (χ1n) is 6.92. The molecule has 0 aliphatic carbocycles. The lowest BCUT2D eigenvalue weighted by molar-refractivity contribution is 0.0758. The molecule has 3 rings (SSSR count). The second-order valence-corrected chi connectivity index (χ2v) is 5.83. The number of amides is 1. The Morgan fingerprint density at radius 2 is 2.05 bits per heavy atom. The fraction of sp³-hybridized carbons (Fsp3) is 0.118. The van der Waals surface area contributed by atoms with Crippen LogP contribution >= 0.6 is 11.3 Å². The molecule has 4 nitrogen and oxygen atoms in total. The number of hydrogen-bond acceptors (Lipinski definition) is 4. The van der Waals surface area contributed by atoms with Gasteiger partial charge in [-0.15, -0.1) is 17.9 Å². The highest BCUT2D eigenvalue weighted by atomic mass is 32.1. The van der Waals surface area contributed by atoms with Gasteiger partial charge >= 0.3 is 0 Å². The summed E-state index contributed by atoms with van der Waals surface area (Å²) < 4.78 is 0. The van der Waals surface area contributed by atoms with Crippen molar-refractivity contribution in [3.05, 3.63) is 71.2 Å². The molecule has 0 saturated heterocycles. The second kappa shape index (κ2) is 6.49. The molecule has 0 saturated carbocycles. The van der Waals surface area contributed by atoms with E-state index in [1.165, 1.54) is 6.20 Å². The van der Waals surface area contributed by atoms with Crippen LogP contribution in [0, 0.1) is 0 Å². The molecule has 0 N–H and O–H groups in total. The van der Waals surface area contributed by atoms with Crippen LogP contribution in [0.15, 0.2) is 60.6 Å². The van der Waals surface area contributed by atoms with Crippen molar-refractivity contribution in [2.75, 3.05) is 6.54 Å². The molecule has 2 aromatic heterocycles. The smallest absolute Gasteiger partial charge is 0.274 e. The van der Waals surface area contributed by atoms with Crippen molar-refractivity contribution in [1.29, 1.82) is 0 Å². The van der Waals surface area contributed by atoms with Crippen LogP contribution in [0.25, 0.3) is 11.0 Å². The average molecular weight is 309 g/mol. The number of aromatic nitrogens is 2. The lowest BCUT2D eigenvalue weighted by Crippen LogP contribution is -2.31. The van der Waals surface area contributed by atoms with Gasteiger partial charge in [0.1, 0.15) is 5.69 Å². The Hall–Kier alpha value is -2.53. The highest BCUT2D eigenvalue weighted by molar-refractivity contribution is 7.09. The molecular formula is C17H15N3OS. The van der Waals surface area contributed by atoms with Gasteiger partial charge in [-0.2, -0.15) is 0 Å². The van der Waals surface area contributed by atoms with E-state index in [1.807, 2.05) is 41.8 Å². The van der Waals surface area contributed by atoms with Crippen LogP contribution in [0.5, 0.6) is 0 Å². The van der Waals surface area contributed by atoms with Crippen molar-refractivity contribution >= 4 is 28.3 Å². The van der Waals surface area contributed by atoms with Crippen molar-refractivity contribution in [3.8, 4) is 0 Å². The molecule has 1 amide bonds. The molecule has 0 fully saturated rings. The lowest BCUT2D eigenvalue weighted by Gasteiger charge is -2.19. The standard InChI is InChI=1S/C17H15N3OS/c1-2-9-20(12-13-6-5-10-22-13)17(21)16-11-18-14-7-3-4-8-15(14)19-16/h2-8,10-11H,1,9,12H2. The fourth-order valence-corrected chi connectivity index (χ4v) is 2.91. The zero-order valence-electron chi connectivity index (χ0n) is 12.0. The summed E-state index contributed by atoms with van der Waals surface area (Å²) >= 11 is 1.63. The maximum Gasteiger partial charge on any atom is 0.274 e. The number of hydrogen-bond donors (Lipinski definition) is 0. The monoisotopic (exact) mass is 309 g/mol. The molecule has 3 aromatic rings. The number of fused-ring (bicyclic) bond motifs is 1. The van der Waals surface area contributed by atoms with E-state index in [9.17, 15) is 4.79 Å². The van der Waals surface area contributed by atoms with E-state index in [0.29, 0.717) is 18.8 Å². The van der Waals surface area contributed by atoms with E-state index < -0.39 is 0 Å². The van der Waals surface area contributed by atoms with Gasteiger partial charge in [0, 0.05) is 11.4 Å². The first-order valence-corrected chi connectivity index (χ1v) is 7.80. The van der Waals surface area contributed by atoms with E-state index in [-0.39, 0.29) is 5.91 Å².